The van der Waals surface area contributed by atoms with Gasteiger partial charge in [0.15, 0.2) is 0 Å². The highest BCUT2D eigenvalue weighted by Crippen LogP contribution is 2.38. The Bertz CT molecular complexity index is 1800. The van der Waals surface area contributed by atoms with E-state index in [0.717, 1.165) is 42.6 Å². The Balaban J connectivity index is 1.23. The van der Waals surface area contributed by atoms with E-state index in [-0.39, 0.29) is 5.91 Å². The topological polar surface area (TPSA) is 61.8 Å². The van der Waals surface area contributed by atoms with Gasteiger partial charge in [0.2, 0.25) is 0 Å². The van der Waals surface area contributed by atoms with E-state index in [9.17, 15) is 9.90 Å². The van der Waals surface area contributed by atoms with Crippen LogP contribution in [0.25, 0.3) is 11.6 Å². The maximum Gasteiger partial charge on any atom is 0.252 e. The van der Waals surface area contributed by atoms with Crippen LogP contribution in [-0.2, 0) is 37.1 Å². The van der Waals surface area contributed by atoms with Crippen molar-refractivity contribution in [1.29, 1.82) is 0 Å². The summed E-state index contributed by atoms with van der Waals surface area (Å²) in [4.78, 5) is 16.6. The van der Waals surface area contributed by atoms with E-state index in [1.807, 2.05) is 84.9 Å². The zero-order valence-corrected chi connectivity index (χ0v) is 28.5. The summed E-state index contributed by atoms with van der Waals surface area (Å²) >= 11 is 0. The molecule has 0 aliphatic carbocycles. The van der Waals surface area contributed by atoms with Gasteiger partial charge >= 0.3 is 0 Å². The van der Waals surface area contributed by atoms with Crippen LogP contribution < -0.4 is 10.1 Å². The Hall–Kier alpha value is -4.97. The van der Waals surface area contributed by atoms with E-state index < -0.39 is 12.1 Å². The van der Waals surface area contributed by atoms with Crippen LogP contribution in [0.5, 0.6) is 11.5 Å². The maximum absolute atomic E-state index is 14.2. The molecule has 5 nitrogen and oxygen atoms in total. The lowest BCUT2D eigenvalue weighted by Crippen LogP contribution is -2.46. The van der Waals surface area contributed by atoms with Crippen molar-refractivity contribution in [3.05, 3.63) is 166 Å². The average Bonchev–Trinajstić information content (AvgIpc) is 3.31. The smallest absolute Gasteiger partial charge is 0.252 e. The number of hydrogen-bond donors (Lipinski definition) is 2. The summed E-state index contributed by atoms with van der Waals surface area (Å²) in [7, 11) is 0. The van der Waals surface area contributed by atoms with Crippen LogP contribution in [0.3, 0.4) is 0 Å². The summed E-state index contributed by atoms with van der Waals surface area (Å²) in [5.41, 5.74) is 8.25. The van der Waals surface area contributed by atoms with E-state index in [1.54, 1.807) is 0 Å². The quantitative estimate of drug-likeness (QED) is 0.126. The summed E-state index contributed by atoms with van der Waals surface area (Å²) in [5.74, 6) is 1.09. The SMILES string of the molecule is CCc1ccc(CN(CC[C@@H](O)[C@H](Cc2ccccc2)NC(=O)C2=Cc3ccccc3Oc3ccccc32)Cc2ccc(CC)cc2)cc1. The van der Waals surface area contributed by atoms with E-state index in [2.05, 4.69) is 72.6 Å². The molecule has 0 aromatic heterocycles. The van der Waals surface area contributed by atoms with Gasteiger partial charge in [-0.3, -0.25) is 9.69 Å². The van der Waals surface area contributed by atoms with Crippen LogP contribution in [0, 0.1) is 0 Å². The number of nitrogens with one attached hydrogen (secondary N) is 1. The predicted octanol–water partition coefficient (Wildman–Crippen LogP) is 8.64. The molecule has 0 spiro atoms. The van der Waals surface area contributed by atoms with Crippen molar-refractivity contribution in [2.45, 2.75) is 64.8 Å². The first-order valence-corrected chi connectivity index (χ1v) is 17.5. The molecule has 2 atom stereocenters. The number of benzene rings is 5. The molecule has 250 valence electrons. The molecule has 1 aliphatic rings. The van der Waals surface area contributed by atoms with Gasteiger partial charge in [-0.1, -0.05) is 129 Å². The number of aliphatic hydroxyl groups excluding tert-OH is 1. The number of aryl methyl sites for hydroxylation is 2. The second-order valence-corrected chi connectivity index (χ2v) is 12.9. The summed E-state index contributed by atoms with van der Waals surface area (Å²) in [6, 6.07) is 42.5. The molecular formula is C44H46N2O3. The number of hydrogen-bond acceptors (Lipinski definition) is 4. The third-order valence-corrected chi connectivity index (χ3v) is 9.36. The molecule has 2 N–H and O–H groups in total. The van der Waals surface area contributed by atoms with Crippen molar-refractivity contribution >= 4 is 17.6 Å². The first-order valence-electron chi connectivity index (χ1n) is 17.5. The normalized spacial score (nSPS) is 13.3. The molecule has 5 heteroatoms. The van der Waals surface area contributed by atoms with Gasteiger partial charge in [0.25, 0.3) is 5.91 Å². The van der Waals surface area contributed by atoms with Crippen LogP contribution >= 0.6 is 0 Å². The Kier molecular flexibility index (Phi) is 11.4. The van der Waals surface area contributed by atoms with Gasteiger partial charge in [-0.25, -0.2) is 0 Å². The third kappa shape index (κ3) is 8.94. The minimum absolute atomic E-state index is 0.239. The van der Waals surface area contributed by atoms with E-state index in [0.29, 0.717) is 36.5 Å². The molecule has 49 heavy (non-hydrogen) atoms. The Morgan fingerprint density at radius 2 is 1.22 bits per heavy atom. The van der Waals surface area contributed by atoms with Gasteiger partial charge in [-0.2, -0.15) is 0 Å². The van der Waals surface area contributed by atoms with Gasteiger partial charge in [0.1, 0.15) is 11.5 Å². The highest BCUT2D eigenvalue weighted by molar-refractivity contribution is 6.25. The Labute approximate surface area is 290 Å². The average molecular weight is 651 g/mol. The van der Waals surface area contributed by atoms with E-state index in [1.165, 1.54) is 22.3 Å². The van der Waals surface area contributed by atoms with Crippen LogP contribution in [-0.4, -0.2) is 34.6 Å². The molecule has 5 aromatic rings. The number of para-hydroxylation sites is 2. The highest BCUT2D eigenvalue weighted by Gasteiger charge is 2.27. The highest BCUT2D eigenvalue weighted by atomic mass is 16.5. The van der Waals surface area contributed by atoms with Crippen molar-refractivity contribution in [1.82, 2.24) is 10.2 Å². The third-order valence-electron chi connectivity index (χ3n) is 9.36. The summed E-state index contributed by atoms with van der Waals surface area (Å²) < 4.78 is 6.23. The van der Waals surface area contributed by atoms with Crippen LogP contribution in [0.1, 0.15) is 59.2 Å². The van der Waals surface area contributed by atoms with Crippen molar-refractivity contribution in [2.75, 3.05) is 6.54 Å². The number of aliphatic hydroxyl groups is 1. The first-order chi connectivity index (χ1) is 24.0. The maximum atomic E-state index is 14.2. The van der Waals surface area contributed by atoms with Crippen LogP contribution in [0.15, 0.2) is 127 Å². The van der Waals surface area contributed by atoms with Crippen LogP contribution in [0.4, 0.5) is 0 Å². The lowest BCUT2D eigenvalue weighted by molar-refractivity contribution is -0.117. The largest absolute Gasteiger partial charge is 0.456 e. The lowest BCUT2D eigenvalue weighted by Gasteiger charge is -2.28. The molecule has 5 aromatic carbocycles. The summed E-state index contributed by atoms with van der Waals surface area (Å²) in [5, 5.41) is 15.1. The van der Waals surface area contributed by atoms with E-state index in [4.69, 9.17) is 4.74 Å². The summed E-state index contributed by atoms with van der Waals surface area (Å²) in [6.07, 6.45) is 4.14. The molecule has 0 unspecified atom stereocenters. The molecule has 0 saturated carbocycles. The fraction of sp³-hybridized carbons (Fsp3) is 0.250. The van der Waals surface area contributed by atoms with Gasteiger partial charge in [-0.05, 0) is 71.7 Å². The minimum Gasteiger partial charge on any atom is -0.456 e. The number of rotatable bonds is 14. The number of nitrogens with zero attached hydrogens (tertiary/aromatic N) is 1. The molecule has 0 radical (unpaired) electrons. The standard InChI is InChI=1S/C44H46N2O3/c1-3-32-18-22-35(23-19-32)30-46(31-36-24-20-33(4-2)21-25-36)27-26-41(47)40(28-34-12-6-5-7-13-34)45-44(48)39-29-37-14-8-10-16-42(37)49-43-17-11-9-15-38(39)43/h5-25,29,40-41,47H,3-4,26-28,30-31H2,1-2H3,(H,45,48)/t40-,41+/m0/s1. The van der Waals surface area contributed by atoms with Gasteiger partial charge in [0, 0.05) is 30.8 Å². The second kappa shape index (κ2) is 16.4. The van der Waals surface area contributed by atoms with Crippen LogP contribution in [0.2, 0.25) is 0 Å². The monoisotopic (exact) mass is 650 g/mol. The number of amides is 1. The van der Waals surface area contributed by atoms with Gasteiger partial charge in [-0.15, -0.1) is 0 Å². The first kappa shape index (κ1) is 33.9. The van der Waals surface area contributed by atoms with Crippen molar-refractivity contribution in [3.63, 3.8) is 0 Å². The molecule has 6 rings (SSSR count). The fourth-order valence-electron chi connectivity index (χ4n) is 6.42. The number of ether oxygens (including phenoxy) is 1. The summed E-state index contributed by atoms with van der Waals surface area (Å²) in [6.45, 7) is 6.55. The van der Waals surface area contributed by atoms with Gasteiger partial charge in [0.05, 0.1) is 17.7 Å². The zero-order valence-electron chi connectivity index (χ0n) is 28.5. The predicted molar refractivity (Wildman–Crippen MR) is 199 cm³/mol. The molecule has 1 heterocycles. The molecule has 1 aliphatic heterocycles. The molecule has 0 fully saturated rings. The Morgan fingerprint density at radius 3 is 1.86 bits per heavy atom. The van der Waals surface area contributed by atoms with Gasteiger partial charge < -0.3 is 15.2 Å². The molecule has 0 saturated heterocycles. The molecule has 0 bridgehead atoms. The van der Waals surface area contributed by atoms with Crippen molar-refractivity contribution in [2.24, 2.45) is 0 Å². The minimum atomic E-state index is -0.776. The number of carbonyl (C=O) groups is 1. The number of fused-ring (bicyclic) bond motifs is 2. The second-order valence-electron chi connectivity index (χ2n) is 12.9. The molecule has 1 amide bonds. The Morgan fingerprint density at radius 1 is 0.673 bits per heavy atom. The van der Waals surface area contributed by atoms with Crippen molar-refractivity contribution < 1.29 is 14.6 Å². The van der Waals surface area contributed by atoms with E-state index >= 15 is 0 Å². The fourth-order valence-corrected chi connectivity index (χ4v) is 6.42. The van der Waals surface area contributed by atoms with Crippen molar-refractivity contribution in [3.8, 4) is 11.5 Å². The molecular weight excluding hydrogens is 604 g/mol. The number of carbonyl (C=O) groups excluding carboxylic acids is 1. The lowest BCUT2D eigenvalue weighted by atomic mass is 9.96. The zero-order chi connectivity index (χ0) is 34.0.